The van der Waals surface area contributed by atoms with Crippen LogP contribution in [0.2, 0.25) is 0 Å². The minimum Gasteiger partial charge on any atom is -0.354 e. The highest BCUT2D eigenvalue weighted by Crippen LogP contribution is 2.15. The molecule has 1 fully saturated rings. The van der Waals surface area contributed by atoms with E-state index in [0.29, 0.717) is 5.56 Å². The van der Waals surface area contributed by atoms with Gasteiger partial charge in [-0.3, -0.25) is 4.79 Å². The molecule has 1 aromatic carbocycles. The van der Waals surface area contributed by atoms with Crippen LogP contribution in [0.1, 0.15) is 10.4 Å². The maximum absolute atomic E-state index is 12.9. The van der Waals surface area contributed by atoms with Gasteiger partial charge in [-0.15, -0.1) is 0 Å². The summed E-state index contributed by atoms with van der Waals surface area (Å²) in [5, 5.41) is 2.63. The number of pyridine rings is 1. The number of carbonyl (C=O) groups is 1. The van der Waals surface area contributed by atoms with Crippen LogP contribution in [0.15, 0.2) is 47.5 Å². The van der Waals surface area contributed by atoms with E-state index in [-0.39, 0.29) is 23.1 Å². The largest absolute Gasteiger partial charge is 0.354 e. The van der Waals surface area contributed by atoms with Gasteiger partial charge in [0, 0.05) is 44.5 Å². The molecular weight excluding hydrogens is 383 g/mol. The molecule has 2 heterocycles. The highest BCUT2D eigenvalue weighted by atomic mass is 32.2. The number of hydrogen-bond acceptors (Lipinski definition) is 6. The van der Waals surface area contributed by atoms with Crippen molar-refractivity contribution in [1.82, 2.24) is 15.2 Å². The Kier molecular flexibility index (Phi) is 6.25. The molecule has 1 N–H and O–H groups in total. The first-order valence-electron chi connectivity index (χ1n) is 9.01. The zero-order chi connectivity index (χ0) is 20.1. The molecule has 7 nitrogen and oxygen atoms in total. The Labute approximate surface area is 164 Å². The number of aromatic nitrogens is 1. The fourth-order valence-corrected chi connectivity index (χ4v) is 4.09. The van der Waals surface area contributed by atoms with Crippen molar-refractivity contribution in [2.75, 3.05) is 50.4 Å². The van der Waals surface area contributed by atoms with E-state index in [2.05, 4.69) is 27.1 Å². The molecule has 28 heavy (non-hydrogen) atoms. The summed E-state index contributed by atoms with van der Waals surface area (Å²) in [5.41, 5.74) is 0.433. The number of halogens is 1. The molecule has 0 atom stereocenters. The van der Waals surface area contributed by atoms with E-state index < -0.39 is 15.7 Å². The Morgan fingerprint density at radius 2 is 1.82 bits per heavy atom. The highest BCUT2D eigenvalue weighted by molar-refractivity contribution is 7.91. The van der Waals surface area contributed by atoms with Crippen molar-refractivity contribution in [3.8, 4) is 0 Å². The van der Waals surface area contributed by atoms with Crippen LogP contribution in [0, 0.1) is 5.82 Å². The summed E-state index contributed by atoms with van der Waals surface area (Å²) in [7, 11) is -1.53. The average molecular weight is 406 g/mol. The fraction of sp³-hybridized carbons (Fsp3) is 0.368. The fourth-order valence-electron chi connectivity index (χ4n) is 2.93. The second-order valence-corrected chi connectivity index (χ2v) is 8.83. The van der Waals surface area contributed by atoms with E-state index in [9.17, 15) is 17.6 Å². The standard InChI is InChI=1S/C19H23FN4O3S/c1-23-9-11-24(12-10-23)18-14-15(6-7-21-18)19(25)22-8-13-28(26,27)17-4-2-16(20)3-5-17/h2-7,14H,8-13H2,1H3,(H,22,25). The van der Waals surface area contributed by atoms with Gasteiger partial charge in [0.1, 0.15) is 11.6 Å². The summed E-state index contributed by atoms with van der Waals surface area (Å²) < 4.78 is 37.5. The van der Waals surface area contributed by atoms with Crippen molar-refractivity contribution < 1.29 is 17.6 Å². The quantitative estimate of drug-likeness (QED) is 0.726. The first-order valence-corrected chi connectivity index (χ1v) is 10.7. The molecule has 2 aromatic rings. The topological polar surface area (TPSA) is 82.6 Å². The Hall–Kier alpha value is -2.52. The Bertz CT molecular complexity index is 926. The minimum atomic E-state index is -3.59. The Morgan fingerprint density at radius 1 is 1.14 bits per heavy atom. The molecule has 150 valence electrons. The number of nitrogens with one attached hydrogen (secondary N) is 1. The van der Waals surface area contributed by atoms with Crippen molar-refractivity contribution in [3.05, 3.63) is 54.0 Å². The lowest BCUT2D eigenvalue weighted by molar-refractivity contribution is 0.0956. The average Bonchev–Trinajstić information content (AvgIpc) is 2.69. The smallest absolute Gasteiger partial charge is 0.251 e. The Morgan fingerprint density at radius 3 is 2.50 bits per heavy atom. The van der Waals surface area contributed by atoms with Crippen molar-refractivity contribution in [2.24, 2.45) is 0 Å². The van der Waals surface area contributed by atoms with Crippen molar-refractivity contribution in [2.45, 2.75) is 4.90 Å². The molecule has 0 spiro atoms. The number of carbonyl (C=O) groups excluding carboxylic acids is 1. The molecule has 0 radical (unpaired) electrons. The predicted octanol–water partition coefficient (Wildman–Crippen LogP) is 1.18. The van der Waals surface area contributed by atoms with E-state index >= 15 is 0 Å². The SMILES string of the molecule is CN1CCN(c2cc(C(=O)NCCS(=O)(=O)c3ccc(F)cc3)ccn2)CC1. The molecule has 1 saturated heterocycles. The van der Waals surface area contributed by atoms with Gasteiger partial charge in [0.2, 0.25) is 0 Å². The second kappa shape index (κ2) is 8.66. The van der Waals surface area contributed by atoms with Crippen LogP contribution in [-0.4, -0.2) is 69.7 Å². The lowest BCUT2D eigenvalue weighted by Gasteiger charge is -2.33. The van der Waals surface area contributed by atoms with Crippen molar-refractivity contribution in [3.63, 3.8) is 0 Å². The molecule has 0 saturated carbocycles. The van der Waals surface area contributed by atoms with Gasteiger partial charge in [0.05, 0.1) is 10.6 Å². The van der Waals surface area contributed by atoms with E-state index in [1.807, 2.05) is 0 Å². The minimum absolute atomic E-state index is 0.0319. The maximum atomic E-state index is 12.9. The van der Waals surface area contributed by atoms with Gasteiger partial charge in [0.15, 0.2) is 9.84 Å². The highest BCUT2D eigenvalue weighted by Gasteiger charge is 2.18. The number of hydrogen-bond donors (Lipinski definition) is 1. The normalized spacial score (nSPS) is 15.4. The van der Waals surface area contributed by atoms with Gasteiger partial charge < -0.3 is 15.1 Å². The van der Waals surface area contributed by atoms with Crippen molar-refractivity contribution >= 4 is 21.6 Å². The van der Waals surface area contributed by atoms with Gasteiger partial charge >= 0.3 is 0 Å². The summed E-state index contributed by atoms with van der Waals surface area (Å²) in [6, 6.07) is 7.96. The number of benzene rings is 1. The van der Waals surface area contributed by atoms with E-state index in [0.717, 1.165) is 44.1 Å². The maximum Gasteiger partial charge on any atom is 0.251 e. The monoisotopic (exact) mass is 406 g/mol. The van der Waals surface area contributed by atoms with E-state index in [1.165, 1.54) is 12.1 Å². The molecule has 0 bridgehead atoms. The molecule has 1 aliphatic heterocycles. The molecule has 1 aliphatic rings. The third kappa shape index (κ3) is 5.05. The van der Waals surface area contributed by atoms with Gasteiger partial charge in [-0.05, 0) is 43.4 Å². The Balaban J connectivity index is 1.58. The number of nitrogens with zero attached hydrogens (tertiary/aromatic N) is 3. The number of amides is 1. The molecule has 0 unspecified atom stereocenters. The van der Waals surface area contributed by atoms with Crippen LogP contribution in [0.3, 0.4) is 0 Å². The third-order valence-corrected chi connectivity index (χ3v) is 6.40. The van der Waals surface area contributed by atoms with Gasteiger partial charge in [0.25, 0.3) is 5.91 Å². The molecule has 1 aromatic heterocycles. The molecular formula is C19H23FN4O3S. The lowest BCUT2D eigenvalue weighted by atomic mass is 10.2. The number of sulfone groups is 1. The molecule has 3 rings (SSSR count). The van der Waals surface area contributed by atoms with E-state index in [4.69, 9.17) is 0 Å². The number of piperazine rings is 1. The molecule has 9 heteroatoms. The zero-order valence-electron chi connectivity index (χ0n) is 15.6. The van der Waals surface area contributed by atoms with Crippen molar-refractivity contribution in [1.29, 1.82) is 0 Å². The summed E-state index contributed by atoms with van der Waals surface area (Å²) >= 11 is 0. The van der Waals surface area contributed by atoms with Crippen LogP contribution in [0.4, 0.5) is 10.2 Å². The number of likely N-dealkylation sites (N-methyl/N-ethyl adjacent to an activating group) is 1. The summed E-state index contributed by atoms with van der Waals surface area (Å²) in [6.07, 6.45) is 1.58. The predicted molar refractivity (Wildman–Crippen MR) is 105 cm³/mol. The van der Waals surface area contributed by atoms with Gasteiger partial charge in [-0.25, -0.2) is 17.8 Å². The summed E-state index contributed by atoms with van der Waals surface area (Å²) in [5.74, 6) is -0.381. The summed E-state index contributed by atoms with van der Waals surface area (Å²) in [6.45, 7) is 3.50. The zero-order valence-corrected chi connectivity index (χ0v) is 16.5. The second-order valence-electron chi connectivity index (χ2n) is 6.72. The number of rotatable bonds is 6. The van der Waals surface area contributed by atoms with Crippen LogP contribution in [0.5, 0.6) is 0 Å². The lowest BCUT2D eigenvalue weighted by Crippen LogP contribution is -2.44. The van der Waals surface area contributed by atoms with Crippen LogP contribution < -0.4 is 10.2 Å². The van der Waals surface area contributed by atoms with Gasteiger partial charge in [-0.2, -0.15) is 0 Å². The van der Waals surface area contributed by atoms with Crippen LogP contribution >= 0.6 is 0 Å². The number of anilines is 1. The first kappa shape index (κ1) is 20.2. The third-order valence-electron chi connectivity index (χ3n) is 4.66. The van der Waals surface area contributed by atoms with E-state index in [1.54, 1.807) is 18.3 Å². The molecule has 0 aliphatic carbocycles. The first-order chi connectivity index (χ1) is 13.3. The van der Waals surface area contributed by atoms with Crippen LogP contribution in [-0.2, 0) is 9.84 Å². The van der Waals surface area contributed by atoms with Gasteiger partial charge in [-0.1, -0.05) is 0 Å². The van der Waals surface area contributed by atoms with Crippen LogP contribution in [0.25, 0.3) is 0 Å². The summed E-state index contributed by atoms with van der Waals surface area (Å²) in [4.78, 5) is 21.1. The molecule has 1 amide bonds.